The first-order chi connectivity index (χ1) is 11.2. The maximum Gasteiger partial charge on any atom is 0.0726 e. The molecule has 0 spiro atoms. The molecule has 0 N–H and O–H groups in total. The van der Waals surface area contributed by atoms with Crippen molar-refractivity contribution in [2.45, 2.75) is 26.3 Å². The Morgan fingerprint density at radius 2 is 2.09 bits per heavy atom. The minimum Gasteiger partial charge on any atom is -0.383 e. The van der Waals surface area contributed by atoms with Crippen molar-refractivity contribution in [3.05, 3.63) is 36.0 Å². The zero-order valence-corrected chi connectivity index (χ0v) is 14.5. The van der Waals surface area contributed by atoms with E-state index in [9.17, 15) is 0 Å². The Labute approximate surface area is 139 Å². The molecule has 1 aromatic heterocycles. The minimum atomic E-state index is 0.538. The third-order valence-corrected chi connectivity index (χ3v) is 4.80. The SMILES string of the molecule is CCc1cc(N2CCN(CCOC)C(C)C2)c2ccccc2n1. The van der Waals surface area contributed by atoms with E-state index in [0.717, 1.165) is 44.7 Å². The number of aryl methyl sites for hydroxylation is 1. The van der Waals surface area contributed by atoms with Gasteiger partial charge >= 0.3 is 0 Å². The average molecular weight is 313 g/mol. The third kappa shape index (κ3) is 3.48. The van der Waals surface area contributed by atoms with Crippen LogP contribution in [0.4, 0.5) is 5.69 Å². The molecule has 1 aliphatic rings. The smallest absolute Gasteiger partial charge is 0.0726 e. The number of anilines is 1. The van der Waals surface area contributed by atoms with Gasteiger partial charge in [0.1, 0.15) is 0 Å². The van der Waals surface area contributed by atoms with E-state index in [1.54, 1.807) is 7.11 Å². The molecule has 2 heterocycles. The second-order valence-electron chi connectivity index (χ2n) is 6.33. The molecule has 0 radical (unpaired) electrons. The van der Waals surface area contributed by atoms with E-state index in [-0.39, 0.29) is 0 Å². The summed E-state index contributed by atoms with van der Waals surface area (Å²) >= 11 is 0. The molecule has 23 heavy (non-hydrogen) atoms. The van der Waals surface area contributed by atoms with Gasteiger partial charge in [0.25, 0.3) is 0 Å². The van der Waals surface area contributed by atoms with Crippen LogP contribution in [0.15, 0.2) is 30.3 Å². The van der Waals surface area contributed by atoms with Crippen molar-refractivity contribution < 1.29 is 4.74 Å². The van der Waals surface area contributed by atoms with Crippen LogP contribution in [-0.4, -0.2) is 55.8 Å². The van der Waals surface area contributed by atoms with Gasteiger partial charge in [-0.3, -0.25) is 9.88 Å². The summed E-state index contributed by atoms with van der Waals surface area (Å²) in [5.41, 5.74) is 3.62. The normalized spacial score (nSPS) is 19.4. The number of piperazine rings is 1. The van der Waals surface area contributed by atoms with E-state index in [1.165, 1.54) is 16.8 Å². The molecule has 1 saturated heterocycles. The zero-order chi connectivity index (χ0) is 16.2. The number of pyridine rings is 1. The lowest BCUT2D eigenvalue weighted by atomic mass is 10.1. The molecule has 1 unspecified atom stereocenters. The van der Waals surface area contributed by atoms with Crippen LogP contribution in [0.3, 0.4) is 0 Å². The highest BCUT2D eigenvalue weighted by Gasteiger charge is 2.24. The summed E-state index contributed by atoms with van der Waals surface area (Å²) in [6.45, 7) is 9.51. The van der Waals surface area contributed by atoms with E-state index >= 15 is 0 Å². The number of aromatic nitrogens is 1. The van der Waals surface area contributed by atoms with Crippen molar-refractivity contribution in [1.29, 1.82) is 0 Å². The Balaban J connectivity index is 1.86. The molecule has 1 fully saturated rings. The van der Waals surface area contributed by atoms with Crippen LogP contribution >= 0.6 is 0 Å². The first kappa shape index (κ1) is 16.2. The van der Waals surface area contributed by atoms with E-state index in [2.05, 4.69) is 54.0 Å². The summed E-state index contributed by atoms with van der Waals surface area (Å²) in [5, 5.41) is 1.27. The highest BCUT2D eigenvalue weighted by atomic mass is 16.5. The van der Waals surface area contributed by atoms with E-state index in [1.807, 2.05) is 0 Å². The summed E-state index contributed by atoms with van der Waals surface area (Å²) in [6, 6.07) is 11.3. The molecule has 4 heteroatoms. The number of hydrogen-bond acceptors (Lipinski definition) is 4. The Kier molecular flexibility index (Phi) is 5.13. The van der Waals surface area contributed by atoms with Gasteiger partial charge < -0.3 is 9.64 Å². The van der Waals surface area contributed by atoms with Crippen molar-refractivity contribution in [1.82, 2.24) is 9.88 Å². The summed E-state index contributed by atoms with van der Waals surface area (Å²) in [7, 11) is 1.77. The van der Waals surface area contributed by atoms with Gasteiger partial charge in [-0.2, -0.15) is 0 Å². The van der Waals surface area contributed by atoms with Crippen LogP contribution in [0.2, 0.25) is 0 Å². The summed E-state index contributed by atoms with van der Waals surface area (Å²) < 4.78 is 5.23. The average Bonchev–Trinajstić information content (AvgIpc) is 2.59. The van der Waals surface area contributed by atoms with Gasteiger partial charge in [-0.1, -0.05) is 25.1 Å². The molecule has 4 nitrogen and oxygen atoms in total. The molecular formula is C19H27N3O. The molecule has 1 atom stereocenters. The van der Waals surface area contributed by atoms with Crippen molar-refractivity contribution in [3.8, 4) is 0 Å². The van der Waals surface area contributed by atoms with Crippen molar-refractivity contribution in [3.63, 3.8) is 0 Å². The number of nitrogens with zero attached hydrogens (tertiary/aromatic N) is 3. The van der Waals surface area contributed by atoms with Crippen molar-refractivity contribution in [2.75, 3.05) is 44.8 Å². The molecule has 1 aromatic carbocycles. The Hall–Kier alpha value is -1.65. The summed E-state index contributed by atoms with van der Waals surface area (Å²) in [6.07, 6.45) is 0.973. The fourth-order valence-electron chi connectivity index (χ4n) is 3.41. The largest absolute Gasteiger partial charge is 0.383 e. The Bertz CT molecular complexity index is 658. The lowest BCUT2D eigenvalue weighted by Gasteiger charge is -2.41. The standard InChI is InChI=1S/C19H27N3O/c1-4-16-13-19(17-7-5-6-8-18(17)20-16)22-10-9-21(11-12-23-3)15(2)14-22/h5-8,13,15H,4,9-12,14H2,1-3H3. The van der Waals surface area contributed by atoms with Gasteiger partial charge in [0.15, 0.2) is 0 Å². The van der Waals surface area contributed by atoms with Gasteiger partial charge in [-0.05, 0) is 25.5 Å². The van der Waals surface area contributed by atoms with E-state index in [0.29, 0.717) is 6.04 Å². The van der Waals surface area contributed by atoms with Crippen molar-refractivity contribution >= 4 is 16.6 Å². The quantitative estimate of drug-likeness (QED) is 0.848. The number of rotatable bonds is 5. The van der Waals surface area contributed by atoms with Crippen molar-refractivity contribution in [2.24, 2.45) is 0 Å². The van der Waals surface area contributed by atoms with Gasteiger partial charge in [-0.25, -0.2) is 0 Å². The minimum absolute atomic E-state index is 0.538. The van der Waals surface area contributed by atoms with Crippen LogP contribution in [0, 0.1) is 0 Å². The number of para-hydroxylation sites is 1. The first-order valence-corrected chi connectivity index (χ1v) is 8.59. The Morgan fingerprint density at radius 3 is 2.83 bits per heavy atom. The number of methoxy groups -OCH3 is 1. The fourth-order valence-corrected chi connectivity index (χ4v) is 3.41. The Morgan fingerprint density at radius 1 is 1.26 bits per heavy atom. The van der Waals surface area contributed by atoms with E-state index < -0.39 is 0 Å². The molecule has 0 bridgehead atoms. The van der Waals surface area contributed by atoms with Crippen LogP contribution in [0.5, 0.6) is 0 Å². The van der Waals surface area contributed by atoms with Gasteiger partial charge in [0.2, 0.25) is 0 Å². The van der Waals surface area contributed by atoms with E-state index in [4.69, 9.17) is 9.72 Å². The highest BCUT2D eigenvalue weighted by Crippen LogP contribution is 2.28. The lowest BCUT2D eigenvalue weighted by Crippen LogP contribution is -2.52. The highest BCUT2D eigenvalue weighted by molar-refractivity contribution is 5.92. The topological polar surface area (TPSA) is 28.6 Å². The molecule has 3 rings (SSSR count). The second kappa shape index (κ2) is 7.28. The van der Waals surface area contributed by atoms with Crippen LogP contribution in [-0.2, 0) is 11.2 Å². The predicted molar refractivity (Wildman–Crippen MR) is 96.2 cm³/mol. The monoisotopic (exact) mass is 313 g/mol. The van der Waals surface area contributed by atoms with Crippen LogP contribution in [0.25, 0.3) is 10.9 Å². The molecule has 0 aliphatic carbocycles. The number of benzene rings is 1. The molecule has 1 aliphatic heterocycles. The van der Waals surface area contributed by atoms with Gasteiger partial charge in [-0.15, -0.1) is 0 Å². The number of fused-ring (bicyclic) bond motifs is 1. The first-order valence-electron chi connectivity index (χ1n) is 8.59. The molecule has 124 valence electrons. The van der Waals surface area contributed by atoms with Crippen LogP contribution in [0.1, 0.15) is 19.5 Å². The maximum absolute atomic E-state index is 5.23. The molecule has 2 aromatic rings. The summed E-state index contributed by atoms with van der Waals surface area (Å²) in [5.74, 6) is 0. The predicted octanol–water partition coefficient (Wildman–Crippen LogP) is 2.95. The summed E-state index contributed by atoms with van der Waals surface area (Å²) in [4.78, 5) is 9.81. The third-order valence-electron chi connectivity index (χ3n) is 4.80. The molecule has 0 saturated carbocycles. The zero-order valence-electron chi connectivity index (χ0n) is 14.5. The number of hydrogen-bond donors (Lipinski definition) is 0. The number of ether oxygens (including phenoxy) is 1. The lowest BCUT2D eigenvalue weighted by molar-refractivity contribution is 0.117. The fraction of sp³-hybridized carbons (Fsp3) is 0.526. The van der Waals surface area contributed by atoms with Gasteiger partial charge in [0, 0.05) is 56.1 Å². The molecular weight excluding hydrogens is 286 g/mol. The second-order valence-corrected chi connectivity index (χ2v) is 6.33. The van der Waals surface area contributed by atoms with Crippen LogP contribution < -0.4 is 4.90 Å². The molecule has 0 amide bonds. The maximum atomic E-state index is 5.23. The van der Waals surface area contributed by atoms with Gasteiger partial charge in [0.05, 0.1) is 12.1 Å².